The molecule has 0 radical (unpaired) electrons. The van der Waals surface area contributed by atoms with Gasteiger partial charge in [0, 0.05) is 6.20 Å². The van der Waals surface area contributed by atoms with Crippen LogP contribution in [0.25, 0.3) is 5.69 Å². The lowest BCUT2D eigenvalue weighted by Crippen LogP contribution is -2.15. The molecule has 3 aromatic rings. The van der Waals surface area contributed by atoms with E-state index in [4.69, 9.17) is 4.74 Å². The second-order valence-electron chi connectivity index (χ2n) is 4.91. The molecule has 24 heavy (non-hydrogen) atoms. The number of para-hydroxylation sites is 3. The van der Waals surface area contributed by atoms with Gasteiger partial charge in [-0.05, 0) is 30.3 Å². The first-order chi connectivity index (χ1) is 11.8. The number of nitrogens with one attached hydrogen (secondary N) is 1. The van der Waals surface area contributed by atoms with Crippen LogP contribution in [0.1, 0.15) is 0 Å². The number of benzene rings is 2. The Balaban J connectivity index is 1.77. The smallest absolute Gasteiger partial charge is 0.346 e. The Labute approximate surface area is 139 Å². The highest BCUT2D eigenvalue weighted by atomic mass is 16.5. The molecular weight excluding hydrogens is 304 g/mol. The maximum absolute atomic E-state index is 12.0. The molecule has 6 nitrogen and oxygen atoms in total. The summed E-state index contributed by atoms with van der Waals surface area (Å²) in [4.78, 5) is 16.0. The number of rotatable bonds is 3. The first-order valence-corrected chi connectivity index (χ1v) is 7.35. The highest BCUT2D eigenvalue weighted by Crippen LogP contribution is 2.22. The maximum atomic E-state index is 12.0. The van der Waals surface area contributed by atoms with Crippen LogP contribution in [-0.4, -0.2) is 22.9 Å². The average Bonchev–Trinajstić information content (AvgIpc) is 2.63. The minimum Gasteiger partial charge on any atom is -0.495 e. The van der Waals surface area contributed by atoms with Crippen LogP contribution >= 0.6 is 0 Å². The van der Waals surface area contributed by atoms with Crippen LogP contribution in [0.4, 0.5) is 10.5 Å². The highest BCUT2D eigenvalue weighted by molar-refractivity contribution is 5.91. The van der Waals surface area contributed by atoms with E-state index in [-0.39, 0.29) is 0 Å². The lowest BCUT2D eigenvalue weighted by atomic mass is 10.3. The third-order valence-electron chi connectivity index (χ3n) is 3.30. The van der Waals surface area contributed by atoms with Crippen LogP contribution in [0.5, 0.6) is 5.75 Å². The molecule has 0 unspecified atom stereocenters. The molecule has 0 saturated carbocycles. The number of carbonyl (C=O) groups is 1. The fraction of sp³-hybridized carbons (Fsp3) is 0.0556. The van der Waals surface area contributed by atoms with Gasteiger partial charge >= 0.3 is 6.03 Å². The fourth-order valence-electron chi connectivity index (χ4n) is 2.16. The Hall–Kier alpha value is -3.41. The molecule has 1 N–H and O–H groups in total. The number of aromatic nitrogens is 2. The predicted molar refractivity (Wildman–Crippen MR) is 91.1 cm³/mol. The van der Waals surface area contributed by atoms with Crippen molar-refractivity contribution in [3.63, 3.8) is 0 Å². The molecule has 0 atom stereocenters. The van der Waals surface area contributed by atoms with Gasteiger partial charge in [0.05, 0.1) is 30.0 Å². The van der Waals surface area contributed by atoms with Crippen molar-refractivity contribution in [3.8, 4) is 11.4 Å². The molecule has 0 bridgehead atoms. The van der Waals surface area contributed by atoms with Crippen LogP contribution < -0.4 is 15.4 Å². The Morgan fingerprint density at radius 1 is 1.08 bits per heavy atom. The first-order valence-electron chi connectivity index (χ1n) is 7.35. The summed E-state index contributed by atoms with van der Waals surface area (Å²) in [6.07, 6.45) is 3.29. The Bertz CT molecular complexity index is 884. The number of amides is 2. The van der Waals surface area contributed by atoms with Crippen molar-refractivity contribution >= 4 is 11.7 Å². The second-order valence-corrected chi connectivity index (χ2v) is 4.91. The number of nitrogens with zero attached hydrogens (tertiary/aromatic N) is 3. The largest absolute Gasteiger partial charge is 0.495 e. The molecular formula is C18H16N4O2. The fourth-order valence-corrected chi connectivity index (χ4v) is 2.16. The standard InChI is InChI=1S/C18H16N4O2/c1-24-17-10-6-5-9-16(17)21-18(23)20-14-11-12-22(19-13-14)15-7-3-2-4-8-15/h2-13H,1H3,(H,21,23)/b20-14-. The molecule has 120 valence electrons. The monoisotopic (exact) mass is 320 g/mol. The van der Waals surface area contributed by atoms with Crippen molar-refractivity contribution in [2.75, 3.05) is 12.4 Å². The quantitative estimate of drug-likeness (QED) is 0.806. The van der Waals surface area contributed by atoms with Gasteiger partial charge in [0.1, 0.15) is 5.75 Å². The van der Waals surface area contributed by atoms with E-state index in [9.17, 15) is 4.79 Å². The molecule has 0 spiro atoms. The molecule has 3 rings (SSSR count). The van der Waals surface area contributed by atoms with Crippen LogP contribution in [-0.2, 0) is 0 Å². The van der Waals surface area contributed by atoms with E-state index in [1.807, 2.05) is 42.5 Å². The summed E-state index contributed by atoms with van der Waals surface area (Å²) in [5, 5.41) is 7.42. The molecule has 0 fully saturated rings. The number of hydrogen-bond acceptors (Lipinski definition) is 3. The molecule has 1 heterocycles. The molecule has 2 aromatic carbocycles. The van der Waals surface area contributed by atoms with Crippen LogP contribution in [0.15, 0.2) is 78.0 Å². The minimum absolute atomic E-state index is 0.467. The number of urea groups is 1. The predicted octanol–water partition coefficient (Wildman–Crippen LogP) is 3.01. The zero-order chi connectivity index (χ0) is 16.8. The zero-order valence-corrected chi connectivity index (χ0v) is 13.1. The Morgan fingerprint density at radius 3 is 2.54 bits per heavy atom. The molecule has 0 aliphatic carbocycles. The summed E-state index contributed by atoms with van der Waals surface area (Å²) in [5.74, 6) is 0.578. The van der Waals surface area contributed by atoms with Gasteiger partial charge in [0.2, 0.25) is 0 Å². The molecule has 6 heteroatoms. The van der Waals surface area contributed by atoms with Crippen molar-refractivity contribution in [2.45, 2.75) is 0 Å². The van der Waals surface area contributed by atoms with Gasteiger partial charge < -0.3 is 10.1 Å². The zero-order valence-electron chi connectivity index (χ0n) is 13.1. The van der Waals surface area contributed by atoms with Gasteiger partial charge in [0.25, 0.3) is 0 Å². The third kappa shape index (κ3) is 3.67. The SMILES string of the molecule is COc1ccccc1NC(=O)/N=c1/ccn(-c2ccccc2)nc1. The van der Waals surface area contributed by atoms with Gasteiger partial charge in [0.15, 0.2) is 0 Å². The number of ether oxygens (including phenoxy) is 1. The van der Waals surface area contributed by atoms with Gasteiger partial charge in [-0.3, -0.25) is 0 Å². The first kappa shape index (κ1) is 15.5. The van der Waals surface area contributed by atoms with E-state index in [1.165, 1.54) is 6.20 Å². The van der Waals surface area contributed by atoms with Crippen LogP contribution in [0, 0.1) is 0 Å². The van der Waals surface area contributed by atoms with Gasteiger partial charge in [-0.25, -0.2) is 9.48 Å². The lowest BCUT2D eigenvalue weighted by Gasteiger charge is -2.07. The van der Waals surface area contributed by atoms with E-state index < -0.39 is 6.03 Å². The summed E-state index contributed by atoms with van der Waals surface area (Å²) < 4.78 is 6.89. The van der Waals surface area contributed by atoms with E-state index in [1.54, 1.807) is 36.2 Å². The van der Waals surface area contributed by atoms with Gasteiger partial charge in [-0.15, -0.1) is 0 Å². The molecule has 1 aromatic heterocycles. The summed E-state index contributed by atoms with van der Waals surface area (Å²) >= 11 is 0. The van der Waals surface area contributed by atoms with Crippen molar-refractivity contribution in [1.82, 2.24) is 9.78 Å². The van der Waals surface area contributed by atoms with Gasteiger partial charge in [-0.1, -0.05) is 30.3 Å². The summed E-state index contributed by atoms with van der Waals surface area (Å²) in [5.41, 5.74) is 1.50. The van der Waals surface area contributed by atoms with E-state index in [0.29, 0.717) is 16.8 Å². The highest BCUT2D eigenvalue weighted by Gasteiger charge is 2.05. The van der Waals surface area contributed by atoms with Crippen LogP contribution in [0.2, 0.25) is 0 Å². The summed E-state index contributed by atoms with van der Waals surface area (Å²) in [6.45, 7) is 0. The van der Waals surface area contributed by atoms with E-state index in [0.717, 1.165) is 5.69 Å². The van der Waals surface area contributed by atoms with E-state index >= 15 is 0 Å². The number of carbonyl (C=O) groups excluding carboxylic acids is 1. The third-order valence-corrected chi connectivity index (χ3v) is 3.30. The summed E-state index contributed by atoms with van der Waals surface area (Å²) in [6, 6.07) is 18.1. The van der Waals surface area contributed by atoms with Crippen molar-refractivity contribution in [3.05, 3.63) is 78.4 Å². The molecule has 0 aliphatic heterocycles. The van der Waals surface area contributed by atoms with Crippen molar-refractivity contribution in [2.24, 2.45) is 4.99 Å². The number of methoxy groups -OCH3 is 1. The van der Waals surface area contributed by atoms with Crippen molar-refractivity contribution in [1.29, 1.82) is 0 Å². The lowest BCUT2D eigenvalue weighted by molar-refractivity contribution is 0.259. The minimum atomic E-state index is -0.487. The van der Waals surface area contributed by atoms with Gasteiger partial charge in [-0.2, -0.15) is 10.1 Å². The van der Waals surface area contributed by atoms with Crippen LogP contribution in [0.3, 0.4) is 0 Å². The average molecular weight is 320 g/mol. The Kier molecular flexibility index (Phi) is 4.67. The van der Waals surface area contributed by atoms with E-state index in [2.05, 4.69) is 15.4 Å². The summed E-state index contributed by atoms with van der Waals surface area (Å²) in [7, 11) is 1.55. The molecule has 0 aliphatic rings. The second kappa shape index (κ2) is 7.23. The Morgan fingerprint density at radius 2 is 1.83 bits per heavy atom. The normalized spacial score (nSPS) is 11.1. The topological polar surface area (TPSA) is 68.5 Å². The number of anilines is 1. The molecule has 0 saturated heterocycles. The maximum Gasteiger partial charge on any atom is 0.346 e. The number of hydrogen-bond donors (Lipinski definition) is 1. The molecule has 2 amide bonds. The van der Waals surface area contributed by atoms with Crippen molar-refractivity contribution < 1.29 is 9.53 Å².